The minimum Gasteiger partial charge on any atom is -0.481 e. The maximum Gasteiger partial charge on any atom is 0.322 e. The van der Waals surface area contributed by atoms with E-state index >= 15 is 0 Å². The number of carboxylic acid groups (broad SMARTS) is 1. The number of hydrogen-bond donors (Lipinski definition) is 2. The second-order valence-electron chi connectivity index (χ2n) is 9.79. The summed E-state index contributed by atoms with van der Waals surface area (Å²) in [6.45, 7) is 6.78. The molecule has 0 spiro atoms. The van der Waals surface area contributed by atoms with Crippen molar-refractivity contribution in [1.29, 1.82) is 0 Å². The number of aryl methyl sites for hydroxylation is 1. The fourth-order valence-corrected chi connectivity index (χ4v) is 4.65. The molecule has 1 aliphatic carbocycles. The molecule has 2 amide bonds. The molecule has 1 heterocycles. The van der Waals surface area contributed by atoms with Gasteiger partial charge >= 0.3 is 12.0 Å². The minimum absolute atomic E-state index is 0.0669. The number of carbonyl (C=O) groups excluding carboxylic acids is 1. The summed E-state index contributed by atoms with van der Waals surface area (Å²) in [7, 11) is 1.70. The maximum atomic E-state index is 12.9. The van der Waals surface area contributed by atoms with Gasteiger partial charge in [-0.25, -0.2) is 4.79 Å². The number of nitrogens with one attached hydrogen (secondary N) is 1. The number of aliphatic carboxylic acids is 1. The highest BCUT2D eigenvalue weighted by atomic mass is 35.5. The number of ether oxygens (including phenoxy) is 1. The highest BCUT2D eigenvalue weighted by Gasteiger charge is 2.46. The molecule has 7 heteroatoms. The van der Waals surface area contributed by atoms with E-state index in [1.165, 1.54) is 4.90 Å². The molecule has 1 saturated carbocycles. The number of carboxylic acids is 1. The predicted molar refractivity (Wildman–Crippen MR) is 121 cm³/mol. The van der Waals surface area contributed by atoms with E-state index in [2.05, 4.69) is 38.2 Å². The van der Waals surface area contributed by atoms with Crippen LogP contribution in [0.2, 0.25) is 5.02 Å². The average Bonchev–Trinajstić information content (AvgIpc) is 2.70. The van der Waals surface area contributed by atoms with Crippen LogP contribution in [0.4, 0.5) is 4.79 Å². The van der Waals surface area contributed by atoms with Gasteiger partial charge in [-0.2, -0.15) is 0 Å². The molecule has 0 bridgehead atoms. The molecule has 1 aromatic rings. The van der Waals surface area contributed by atoms with Crippen molar-refractivity contribution in [3.8, 4) is 0 Å². The number of urea groups is 1. The molecule has 1 unspecified atom stereocenters. The Hall–Kier alpha value is -2.05. The lowest BCUT2D eigenvalue weighted by Gasteiger charge is -2.47. The van der Waals surface area contributed by atoms with Crippen LogP contribution in [0.15, 0.2) is 30.0 Å². The molecule has 1 aliphatic heterocycles. The normalized spacial score (nSPS) is 23.8. The SMILES string of the molecule is COC1CC[C@]2(c3ccc(CCC(C)(C)C)c(Cl)c3)NC(=O)N(CCC(=O)O)C=C2C1. The number of benzene rings is 1. The smallest absolute Gasteiger partial charge is 0.322 e. The number of rotatable bonds is 7. The average molecular weight is 449 g/mol. The first kappa shape index (κ1) is 23.6. The lowest BCUT2D eigenvalue weighted by Crippen LogP contribution is -2.57. The molecule has 0 aromatic heterocycles. The zero-order valence-corrected chi connectivity index (χ0v) is 19.6. The van der Waals surface area contributed by atoms with Gasteiger partial charge in [-0.1, -0.05) is 44.5 Å². The van der Waals surface area contributed by atoms with Crippen molar-refractivity contribution in [2.24, 2.45) is 5.41 Å². The Morgan fingerprint density at radius 2 is 2.13 bits per heavy atom. The quantitative estimate of drug-likeness (QED) is 0.608. The first-order chi connectivity index (χ1) is 14.5. The van der Waals surface area contributed by atoms with Gasteiger partial charge in [0.25, 0.3) is 0 Å². The van der Waals surface area contributed by atoms with Crippen molar-refractivity contribution in [2.75, 3.05) is 13.7 Å². The van der Waals surface area contributed by atoms with Crippen LogP contribution in [-0.4, -0.2) is 41.8 Å². The highest BCUT2D eigenvalue weighted by Crippen LogP contribution is 2.45. The molecular weight excluding hydrogens is 416 g/mol. The zero-order valence-electron chi connectivity index (χ0n) is 18.8. The van der Waals surface area contributed by atoms with Crippen LogP contribution in [0, 0.1) is 5.41 Å². The molecule has 1 fully saturated rings. The van der Waals surface area contributed by atoms with Gasteiger partial charge in [-0.05, 0) is 60.3 Å². The van der Waals surface area contributed by atoms with Crippen molar-refractivity contribution in [2.45, 2.75) is 70.9 Å². The summed E-state index contributed by atoms with van der Waals surface area (Å²) in [5.74, 6) is -0.931. The lowest BCUT2D eigenvalue weighted by atomic mass is 9.71. The van der Waals surface area contributed by atoms with Crippen LogP contribution in [-0.2, 0) is 21.5 Å². The molecule has 6 nitrogen and oxygen atoms in total. The van der Waals surface area contributed by atoms with Gasteiger partial charge in [-0.15, -0.1) is 0 Å². The van der Waals surface area contributed by atoms with Gasteiger partial charge in [0.1, 0.15) is 0 Å². The van der Waals surface area contributed by atoms with E-state index < -0.39 is 11.5 Å². The first-order valence-electron chi connectivity index (χ1n) is 10.9. The summed E-state index contributed by atoms with van der Waals surface area (Å²) in [6.07, 6.45) is 5.90. The number of hydrogen-bond acceptors (Lipinski definition) is 3. The molecular formula is C24H33ClN2O4. The van der Waals surface area contributed by atoms with Crippen LogP contribution < -0.4 is 5.32 Å². The van der Waals surface area contributed by atoms with Gasteiger partial charge in [0, 0.05) is 24.9 Å². The highest BCUT2D eigenvalue weighted by molar-refractivity contribution is 6.31. The van der Waals surface area contributed by atoms with Crippen LogP contribution >= 0.6 is 11.6 Å². The Labute approximate surface area is 189 Å². The summed E-state index contributed by atoms with van der Waals surface area (Å²) in [6, 6.07) is 5.83. The third-order valence-corrected chi connectivity index (χ3v) is 6.67. The Bertz CT molecular complexity index is 877. The molecule has 170 valence electrons. The first-order valence-corrected chi connectivity index (χ1v) is 11.3. The maximum absolute atomic E-state index is 12.9. The molecule has 2 N–H and O–H groups in total. The van der Waals surface area contributed by atoms with Gasteiger partial charge in [0.05, 0.1) is 18.1 Å². The van der Waals surface area contributed by atoms with E-state index in [1.54, 1.807) is 7.11 Å². The molecule has 1 aromatic carbocycles. The number of methoxy groups -OCH3 is 1. The Morgan fingerprint density at radius 1 is 1.39 bits per heavy atom. The molecule has 0 radical (unpaired) electrons. The van der Waals surface area contributed by atoms with Crippen LogP contribution in [0.1, 0.15) is 64.0 Å². The van der Waals surface area contributed by atoms with E-state index in [0.717, 1.165) is 36.0 Å². The third kappa shape index (κ3) is 5.42. The topological polar surface area (TPSA) is 78.9 Å². The third-order valence-electron chi connectivity index (χ3n) is 6.32. The largest absolute Gasteiger partial charge is 0.481 e. The van der Waals surface area contributed by atoms with E-state index in [0.29, 0.717) is 17.9 Å². The lowest BCUT2D eigenvalue weighted by molar-refractivity contribution is -0.137. The summed E-state index contributed by atoms with van der Waals surface area (Å²) >= 11 is 6.68. The Kier molecular flexibility index (Phi) is 7.01. The predicted octanol–water partition coefficient (Wildman–Crippen LogP) is 5.10. The summed E-state index contributed by atoms with van der Waals surface area (Å²) in [5, 5.41) is 12.9. The fraction of sp³-hybridized carbons (Fsp3) is 0.583. The second kappa shape index (κ2) is 9.21. The number of fused-ring (bicyclic) bond motifs is 1. The van der Waals surface area contributed by atoms with E-state index in [1.807, 2.05) is 12.3 Å². The Morgan fingerprint density at radius 3 is 2.74 bits per heavy atom. The number of nitrogens with zero attached hydrogens (tertiary/aromatic N) is 1. The van der Waals surface area contributed by atoms with Crippen molar-refractivity contribution in [3.63, 3.8) is 0 Å². The zero-order chi connectivity index (χ0) is 22.8. The number of amides is 2. The molecule has 2 atom stereocenters. The van der Waals surface area contributed by atoms with Crippen molar-refractivity contribution < 1.29 is 19.4 Å². The summed E-state index contributed by atoms with van der Waals surface area (Å²) < 4.78 is 5.60. The van der Waals surface area contributed by atoms with E-state index in [-0.39, 0.29) is 30.5 Å². The van der Waals surface area contributed by atoms with Gasteiger partial charge < -0.3 is 20.1 Å². The van der Waals surface area contributed by atoms with Crippen LogP contribution in [0.3, 0.4) is 0 Å². The van der Waals surface area contributed by atoms with Gasteiger partial charge in [0.2, 0.25) is 0 Å². The van der Waals surface area contributed by atoms with Crippen LogP contribution in [0.5, 0.6) is 0 Å². The van der Waals surface area contributed by atoms with Crippen molar-refractivity contribution in [1.82, 2.24) is 10.2 Å². The van der Waals surface area contributed by atoms with E-state index in [4.69, 9.17) is 21.4 Å². The summed E-state index contributed by atoms with van der Waals surface area (Å²) in [5.41, 5.74) is 2.68. The summed E-state index contributed by atoms with van der Waals surface area (Å²) in [4.78, 5) is 25.3. The Balaban J connectivity index is 1.93. The van der Waals surface area contributed by atoms with Gasteiger partial charge in [-0.3, -0.25) is 4.79 Å². The minimum atomic E-state index is -0.931. The molecule has 31 heavy (non-hydrogen) atoms. The number of halogens is 1. The molecule has 2 aliphatic rings. The van der Waals surface area contributed by atoms with Gasteiger partial charge in [0.15, 0.2) is 0 Å². The van der Waals surface area contributed by atoms with Crippen LogP contribution in [0.25, 0.3) is 0 Å². The second-order valence-corrected chi connectivity index (χ2v) is 10.2. The standard InChI is InChI=1S/C24H33ClN2O4/c1-23(2,3)10-7-16-5-6-17(14-20(16)25)24-11-8-19(31-4)13-18(24)15-27(22(30)26-24)12-9-21(28)29/h5-6,14-15,19H,7-13H2,1-4H3,(H,26,30)(H,28,29)/t19?,24-/m1/s1. The fourth-order valence-electron chi connectivity index (χ4n) is 4.38. The monoisotopic (exact) mass is 448 g/mol. The van der Waals surface area contributed by atoms with Crippen molar-refractivity contribution in [3.05, 3.63) is 46.1 Å². The molecule has 0 saturated heterocycles. The molecule has 3 rings (SSSR count). The van der Waals surface area contributed by atoms with E-state index in [9.17, 15) is 9.59 Å². The number of carbonyl (C=O) groups is 2. The van der Waals surface area contributed by atoms with Crippen molar-refractivity contribution >= 4 is 23.6 Å².